The van der Waals surface area contributed by atoms with Crippen LogP contribution in [0.3, 0.4) is 0 Å². The van der Waals surface area contributed by atoms with Gasteiger partial charge in [-0.3, -0.25) is 4.90 Å². The van der Waals surface area contributed by atoms with Crippen molar-refractivity contribution in [1.82, 2.24) is 4.90 Å². The molecule has 2 aliphatic heterocycles. The Hall–Kier alpha value is -0.730. The zero-order valence-corrected chi connectivity index (χ0v) is 12.8. The molecule has 2 nitrogen and oxygen atoms in total. The zero-order chi connectivity index (χ0) is 12.5. The van der Waals surface area contributed by atoms with Gasteiger partial charge >= 0.3 is 0 Å². The molecular weight excluding hydrogens is 256 g/mol. The predicted molar refractivity (Wildman–Crippen MR) is 84.2 cm³/mol. The summed E-state index contributed by atoms with van der Waals surface area (Å²) in [6.45, 7) is 8.22. The molecule has 0 amide bonds. The predicted octanol–water partition coefficient (Wildman–Crippen LogP) is 3.70. The van der Waals surface area contributed by atoms with Crippen molar-refractivity contribution in [2.45, 2.75) is 45.7 Å². The Morgan fingerprint density at radius 2 is 2.21 bits per heavy atom. The first kappa shape index (κ1) is 14.7. The minimum atomic E-state index is 0. The lowest BCUT2D eigenvalue weighted by Gasteiger charge is -2.28. The van der Waals surface area contributed by atoms with Gasteiger partial charge in [0.2, 0.25) is 0 Å². The molecule has 1 atom stereocenters. The van der Waals surface area contributed by atoms with Gasteiger partial charge in [0.15, 0.2) is 0 Å². The smallest absolute Gasteiger partial charge is 0.0419 e. The molecule has 0 aromatic heterocycles. The van der Waals surface area contributed by atoms with Crippen LogP contribution in [0.2, 0.25) is 0 Å². The molecule has 19 heavy (non-hydrogen) atoms. The van der Waals surface area contributed by atoms with Crippen LogP contribution in [0.5, 0.6) is 0 Å². The molecule has 0 bridgehead atoms. The molecule has 106 valence electrons. The fraction of sp³-hybridized carbons (Fsp3) is 0.625. The Bertz CT molecular complexity index is 431. The van der Waals surface area contributed by atoms with Crippen LogP contribution < -0.4 is 5.32 Å². The van der Waals surface area contributed by atoms with Crippen molar-refractivity contribution in [3.8, 4) is 0 Å². The maximum absolute atomic E-state index is 3.56. The molecule has 1 fully saturated rings. The minimum absolute atomic E-state index is 0. The lowest BCUT2D eigenvalue weighted by atomic mass is 10.0. The second kappa shape index (κ2) is 6.15. The van der Waals surface area contributed by atoms with Crippen LogP contribution in [0.25, 0.3) is 0 Å². The summed E-state index contributed by atoms with van der Waals surface area (Å²) in [7, 11) is 0. The van der Waals surface area contributed by atoms with Crippen LogP contribution in [0.4, 0.5) is 5.69 Å². The molecule has 0 spiro atoms. The standard InChI is InChI=1S/C16H24N2.ClH/c1-12(2)15-7-4-10-18(15)11-14-6-3-5-13-8-9-17-16(13)14;/h3,5-6,12,15,17H,4,7-11H2,1-2H3;1H. The van der Waals surface area contributed by atoms with Gasteiger partial charge in [0.05, 0.1) is 0 Å². The zero-order valence-electron chi connectivity index (χ0n) is 12.0. The van der Waals surface area contributed by atoms with Crippen molar-refractivity contribution < 1.29 is 0 Å². The van der Waals surface area contributed by atoms with Gasteiger partial charge in [-0.25, -0.2) is 0 Å². The van der Waals surface area contributed by atoms with Gasteiger partial charge in [-0.2, -0.15) is 0 Å². The van der Waals surface area contributed by atoms with Gasteiger partial charge in [0.25, 0.3) is 0 Å². The number of hydrogen-bond acceptors (Lipinski definition) is 2. The number of halogens is 1. The van der Waals surface area contributed by atoms with Crippen molar-refractivity contribution in [3.63, 3.8) is 0 Å². The molecule has 1 aromatic carbocycles. The molecule has 2 heterocycles. The van der Waals surface area contributed by atoms with Crippen LogP contribution in [-0.2, 0) is 13.0 Å². The van der Waals surface area contributed by atoms with Crippen molar-refractivity contribution >= 4 is 18.1 Å². The summed E-state index contributed by atoms with van der Waals surface area (Å²) in [5.74, 6) is 0.775. The number of nitrogens with zero attached hydrogens (tertiary/aromatic N) is 1. The average Bonchev–Trinajstić information content (AvgIpc) is 2.96. The third-order valence-corrected chi connectivity index (χ3v) is 4.49. The van der Waals surface area contributed by atoms with Crippen LogP contribution in [0.15, 0.2) is 18.2 Å². The molecule has 2 aliphatic rings. The van der Waals surface area contributed by atoms with E-state index in [0.717, 1.165) is 25.0 Å². The molecule has 1 saturated heterocycles. The van der Waals surface area contributed by atoms with Crippen molar-refractivity contribution in [1.29, 1.82) is 0 Å². The lowest BCUT2D eigenvalue weighted by Crippen LogP contribution is -2.33. The van der Waals surface area contributed by atoms with Gasteiger partial charge in [0.1, 0.15) is 0 Å². The van der Waals surface area contributed by atoms with E-state index in [2.05, 4.69) is 42.3 Å². The number of rotatable bonds is 3. The summed E-state index contributed by atoms with van der Waals surface area (Å²) in [6.07, 6.45) is 3.93. The minimum Gasteiger partial charge on any atom is -0.384 e. The van der Waals surface area contributed by atoms with E-state index in [0.29, 0.717) is 0 Å². The maximum atomic E-state index is 3.56. The molecule has 3 rings (SSSR count). The SMILES string of the molecule is CC(C)C1CCCN1Cc1cccc2c1NCC2.Cl. The molecule has 0 radical (unpaired) electrons. The highest BCUT2D eigenvalue weighted by Gasteiger charge is 2.27. The van der Waals surface area contributed by atoms with E-state index in [9.17, 15) is 0 Å². The summed E-state index contributed by atoms with van der Waals surface area (Å²) >= 11 is 0. The number of nitrogens with one attached hydrogen (secondary N) is 1. The van der Waals surface area contributed by atoms with Crippen LogP contribution in [0.1, 0.15) is 37.8 Å². The third-order valence-electron chi connectivity index (χ3n) is 4.49. The Balaban J connectivity index is 0.00000133. The molecule has 0 aliphatic carbocycles. The van der Waals surface area contributed by atoms with E-state index >= 15 is 0 Å². The number of anilines is 1. The first-order chi connectivity index (χ1) is 8.75. The highest BCUT2D eigenvalue weighted by atomic mass is 35.5. The summed E-state index contributed by atoms with van der Waals surface area (Å²) in [5, 5.41) is 3.56. The third kappa shape index (κ3) is 2.90. The van der Waals surface area contributed by atoms with Crippen molar-refractivity contribution in [2.75, 3.05) is 18.4 Å². The van der Waals surface area contributed by atoms with Crippen molar-refractivity contribution in [3.05, 3.63) is 29.3 Å². The van der Waals surface area contributed by atoms with Gasteiger partial charge in [-0.1, -0.05) is 32.0 Å². The number of benzene rings is 1. The second-order valence-electron chi connectivity index (χ2n) is 6.05. The van der Waals surface area contributed by atoms with Gasteiger partial charge in [-0.15, -0.1) is 12.4 Å². The van der Waals surface area contributed by atoms with E-state index in [1.807, 2.05) is 0 Å². The Labute approximate surface area is 123 Å². The van der Waals surface area contributed by atoms with Gasteiger partial charge in [-0.05, 0) is 42.9 Å². The lowest BCUT2D eigenvalue weighted by molar-refractivity contribution is 0.199. The maximum Gasteiger partial charge on any atom is 0.0419 e. The summed E-state index contributed by atoms with van der Waals surface area (Å²) in [6, 6.07) is 7.57. The summed E-state index contributed by atoms with van der Waals surface area (Å²) in [4.78, 5) is 2.68. The van der Waals surface area contributed by atoms with E-state index in [1.165, 1.54) is 42.6 Å². The molecule has 1 N–H and O–H groups in total. The summed E-state index contributed by atoms with van der Waals surface area (Å²) in [5.41, 5.74) is 4.43. The van der Waals surface area contributed by atoms with Crippen LogP contribution in [-0.4, -0.2) is 24.0 Å². The highest BCUT2D eigenvalue weighted by molar-refractivity contribution is 5.85. The second-order valence-corrected chi connectivity index (χ2v) is 6.05. The molecular formula is C16H25ClN2. The molecule has 3 heteroatoms. The first-order valence-corrected chi connectivity index (χ1v) is 7.34. The molecule has 1 unspecified atom stereocenters. The monoisotopic (exact) mass is 280 g/mol. The van der Waals surface area contributed by atoms with Gasteiger partial charge in [0, 0.05) is 24.8 Å². The fourth-order valence-corrected chi connectivity index (χ4v) is 3.56. The van der Waals surface area contributed by atoms with Crippen LogP contribution in [0, 0.1) is 5.92 Å². The van der Waals surface area contributed by atoms with E-state index in [4.69, 9.17) is 0 Å². The van der Waals surface area contributed by atoms with E-state index < -0.39 is 0 Å². The quantitative estimate of drug-likeness (QED) is 0.908. The number of fused-ring (bicyclic) bond motifs is 1. The number of hydrogen-bond donors (Lipinski definition) is 1. The number of para-hydroxylation sites is 1. The molecule has 1 aromatic rings. The van der Waals surface area contributed by atoms with E-state index in [1.54, 1.807) is 0 Å². The highest BCUT2D eigenvalue weighted by Crippen LogP contribution is 2.31. The van der Waals surface area contributed by atoms with Crippen LogP contribution >= 0.6 is 12.4 Å². The van der Waals surface area contributed by atoms with E-state index in [-0.39, 0.29) is 12.4 Å². The Morgan fingerprint density at radius 3 is 3.00 bits per heavy atom. The largest absolute Gasteiger partial charge is 0.384 e. The Morgan fingerprint density at radius 1 is 1.37 bits per heavy atom. The number of likely N-dealkylation sites (tertiary alicyclic amines) is 1. The van der Waals surface area contributed by atoms with Gasteiger partial charge < -0.3 is 5.32 Å². The summed E-state index contributed by atoms with van der Waals surface area (Å²) < 4.78 is 0. The molecule has 0 saturated carbocycles. The first-order valence-electron chi connectivity index (χ1n) is 7.34. The fourth-order valence-electron chi connectivity index (χ4n) is 3.56. The topological polar surface area (TPSA) is 15.3 Å². The normalized spacial score (nSPS) is 22.2. The Kier molecular flexibility index (Phi) is 4.75. The van der Waals surface area contributed by atoms with Crippen molar-refractivity contribution in [2.24, 2.45) is 5.92 Å². The average molecular weight is 281 g/mol.